The number of hydrogen-bond acceptors (Lipinski definition) is 1. The minimum Gasteiger partial charge on any atom is -0.481 e. The second-order valence-corrected chi connectivity index (χ2v) is 5.92. The van der Waals surface area contributed by atoms with Crippen LogP contribution in [0.15, 0.2) is 0 Å². The molecule has 0 aliphatic carbocycles. The summed E-state index contributed by atoms with van der Waals surface area (Å²) in [6, 6.07) is 0. The first-order valence-electron chi connectivity index (χ1n) is 7.80. The first kappa shape index (κ1) is 17.5. The van der Waals surface area contributed by atoms with Gasteiger partial charge in [-0.1, -0.05) is 72.1 Å². The van der Waals surface area contributed by atoms with Gasteiger partial charge in [0.25, 0.3) is 0 Å². The predicted octanol–water partition coefficient (Wildman–Crippen LogP) is 5.26. The van der Waals surface area contributed by atoms with Crippen molar-refractivity contribution in [2.24, 2.45) is 11.8 Å². The Hall–Kier alpha value is -0.530. The zero-order valence-electron chi connectivity index (χ0n) is 12.6. The van der Waals surface area contributed by atoms with Crippen molar-refractivity contribution in [2.75, 3.05) is 0 Å². The second kappa shape index (κ2) is 11.6. The van der Waals surface area contributed by atoms with Crippen LogP contribution < -0.4 is 0 Å². The molecule has 0 saturated heterocycles. The maximum absolute atomic E-state index is 11.1. The molecule has 0 rings (SSSR count). The SMILES string of the molecule is CCCCCCCC(CCCCC(C)C)C(=O)O. The Morgan fingerprint density at radius 2 is 1.39 bits per heavy atom. The third kappa shape index (κ3) is 10.6. The van der Waals surface area contributed by atoms with Crippen LogP contribution in [-0.2, 0) is 4.79 Å². The van der Waals surface area contributed by atoms with Gasteiger partial charge in [-0.15, -0.1) is 0 Å². The van der Waals surface area contributed by atoms with E-state index in [2.05, 4.69) is 20.8 Å². The van der Waals surface area contributed by atoms with Crippen LogP contribution in [0, 0.1) is 11.8 Å². The lowest BCUT2D eigenvalue weighted by molar-refractivity contribution is -0.142. The molecular formula is C16H32O2. The van der Waals surface area contributed by atoms with E-state index in [1.54, 1.807) is 0 Å². The quantitative estimate of drug-likeness (QED) is 0.483. The summed E-state index contributed by atoms with van der Waals surface area (Å²) in [5, 5.41) is 9.18. The smallest absolute Gasteiger partial charge is 0.306 e. The van der Waals surface area contributed by atoms with Crippen molar-refractivity contribution >= 4 is 5.97 Å². The molecular weight excluding hydrogens is 224 g/mol. The molecule has 0 spiro atoms. The van der Waals surface area contributed by atoms with Crippen molar-refractivity contribution in [3.8, 4) is 0 Å². The average molecular weight is 256 g/mol. The molecule has 0 aromatic carbocycles. The van der Waals surface area contributed by atoms with Gasteiger partial charge in [-0.05, 0) is 18.8 Å². The minimum atomic E-state index is -0.588. The van der Waals surface area contributed by atoms with Crippen LogP contribution in [0.3, 0.4) is 0 Å². The lowest BCUT2D eigenvalue weighted by Gasteiger charge is -2.12. The van der Waals surface area contributed by atoms with E-state index in [1.807, 2.05) is 0 Å². The molecule has 0 radical (unpaired) electrons. The van der Waals surface area contributed by atoms with Gasteiger partial charge < -0.3 is 5.11 Å². The molecule has 2 heteroatoms. The number of unbranched alkanes of at least 4 members (excludes halogenated alkanes) is 5. The molecule has 2 nitrogen and oxygen atoms in total. The highest BCUT2D eigenvalue weighted by Crippen LogP contribution is 2.19. The Morgan fingerprint density at radius 1 is 0.889 bits per heavy atom. The van der Waals surface area contributed by atoms with Gasteiger partial charge in [-0.25, -0.2) is 0 Å². The summed E-state index contributed by atoms with van der Waals surface area (Å²) in [5.74, 6) is 0.0520. The van der Waals surface area contributed by atoms with Crippen LogP contribution in [0.2, 0.25) is 0 Å². The van der Waals surface area contributed by atoms with Crippen molar-refractivity contribution in [3.05, 3.63) is 0 Å². The van der Waals surface area contributed by atoms with E-state index in [4.69, 9.17) is 0 Å². The van der Waals surface area contributed by atoms with E-state index in [9.17, 15) is 9.90 Å². The van der Waals surface area contributed by atoms with Crippen LogP contribution in [0.25, 0.3) is 0 Å². The monoisotopic (exact) mass is 256 g/mol. The van der Waals surface area contributed by atoms with Gasteiger partial charge in [0.2, 0.25) is 0 Å². The summed E-state index contributed by atoms with van der Waals surface area (Å²) in [7, 11) is 0. The van der Waals surface area contributed by atoms with Crippen LogP contribution in [0.5, 0.6) is 0 Å². The fourth-order valence-corrected chi connectivity index (χ4v) is 2.33. The molecule has 0 aromatic rings. The van der Waals surface area contributed by atoms with E-state index < -0.39 is 5.97 Å². The number of carboxylic acid groups (broad SMARTS) is 1. The third-order valence-electron chi connectivity index (χ3n) is 3.59. The minimum absolute atomic E-state index is 0.0983. The van der Waals surface area contributed by atoms with Gasteiger partial charge in [-0.3, -0.25) is 4.79 Å². The summed E-state index contributed by atoms with van der Waals surface area (Å²) in [4.78, 5) is 11.1. The van der Waals surface area contributed by atoms with Crippen molar-refractivity contribution in [1.29, 1.82) is 0 Å². The molecule has 0 aromatic heterocycles. The van der Waals surface area contributed by atoms with Gasteiger partial charge in [0, 0.05) is 0 Å². The maximum Gasteiger partial charge on any atom is 0.306 e. The Morgan fingerprint density at radius 3 is 1.89 bits per heavy atom. The normalized spacial score (nSPS) is 12.9. The van der Waals surface area contributed by atoms with Crippen molar-refractivity contribution < 1.29 is 9.90 Å². The highest BCUT2D eigenvalue weighted by molar-refractivity contribution is 5.69. The first-order chi connectivity index (χ1) is 8.57. The van der Waals surface area contributed by atoms with Crippen molar-refractivity contribution in [2.45, 2.75) is 85.0 Å². The standard InChI is InChI=1S/C16H32O2/c1-4-5-6-7-8-12-15(16(17)18)13-10-9-11-14(2)3/h14-15H,4-13H2,1-3H3,(H,17,18). The molecule has 0 fully saturated rings. The van der Waals surface area contributed by atoms with Crippen LogP contribution in [0.1, 0.15) is 85.0 Å². The van der Waals surface area contributed by atoms with Crippen LogP contribution >= 0.6 is 0 Å². The van der Waals surface area contributed by atoms with E-state index in [1.165, 1.54) is 38.5 Å². The van der Waals surface area contributed by atoms with Gasteiger partial charge >= 0.3 is 5.97 Å². The molecule has 0 aliphatic rings. The third-order valence-corrected chi connectivity index (χ3v) is 3.59. The summed E-state index contributed by atoms with van der Waals surface area (Å²) in [5.41, 5.74) is 0. The lowest BCUT2D eigenvalue weighted by Crippen LogP contribution is -2.13. The molecule has 1 N–H and O–H groups in total. The molecule has 0 bridgehead atoms. The number of rotatable bonds is 12. The maximum atomic E-state index is 11.1. The van der Waals surface area contributed by atoms with E-state index in [0.717, 1.165) is 31.6 Å². The summed E-state index contributed by atoms with van der Waals surface area (Å²) in [6.45, 7) is 6.65. The van der Waals surface area contributed by atoms with Crippen LogP contribution in [0.4, 0.5) is 0 Å². The van der Waals surface area contributed by atoms with E-state index in [-0.39, 0.29) is 5.92 Å². The molecule has 0 aliphatic heterocycles. The number of aliphatic carboxylic acids is 1. The Labute approximate surface area is 113 Å². The molecule has 0 amide bonds. The number of hydrogen-bond donors (Lipinski definition) is 1. The van der Waals surface area contributed by atoms with Gasteiger partial charge in [-0.2, -0.15) is 0 Å². The molecule has 0 saturated carbocycles. The topological polar surface area (TPSA) is 37.3 Å². The van der Waals surface area contributed by atoms with Crippen LogP contribution in [-0.4, -0.2) is 11.1 Å². The van der Waals surface area contributed by atoms with Gasteiger partial charge in [0.1, 0.15) is 0 Å². The highest BCUT2D eigenvalue weighted by Gasteiger charge is 2.16. The molecule has 1 atom stereocenters. The fraction of sp³-hybridized carbons (Fsp3) is 0.938. The molecule has 1 unspecified atom stereocenters. The number of carbonyl (C=O) groups is 1. The summed E-state index contributed by atoms with van der Waals surface area (Å²) < 4.78 is 0. The van der Waals surface area contributed by atoms with Crippen molar-refractivity contribution in [1.82, 2.24) is 0 Å². The highest BCUT2D eigenvalue weighted by atomic mass is 16.4. The molecule has 0 heterocycles. The number of carboxylic acids is 1. The Balaban J connectivity index is 3.62. The second-order valence-electron chi connectivity index (χ2n) is 5.92. The fourth-order valence-electron chi connectivity index (χ4n) is 2.33. The molecule has 18 heavy (non-hydrogen) atoms. The summed E-state index contributed by atoms with van der Waals surface area (Å²) >= 11 is 0. The van der Waals surface area contributed by atoms with E-state index >= 15 is 0 Å². The lowest BCUT2D eigenvalue weighted by atomic mass is 9.94. The summed E-state index contributed by atoms with van der Waals surface area (Å²) in [6.07, 6.45) is 11.3. The largest absolute Gasteiger partial charge is 0.481 e. The Kier molecular flexibility index (Phi) is 11.2. The Bertz CT molecular complexity index is 199. The van der Waals surface area contributed by atoms with Crippen molar-refractivity contribution in [3.63, 3.8) is 0 Å². The van der Waals surface area contributed by atoms with Gasteiger partial charge in [0.15, 0.2) is 0 Å². The zero-order valence-corrected chi connectivity index (χ0v) is 12.6. The zero-order chi connectivity index (χ0) is 13.8. The molecule has 108 valence electrons. The average Bonchev–Trinajstić information content (AvgIpc) is 2.30. The first-order valence-corrected chi connectivity index (χ1v) is 7.80. The predicted molar refractivity (Wildman–Crippen MR) is 77.8 cm³/mol. The van der Waals surface area contributed by atoms with Gasteiger partial charge in [0.05, 0.1) is 5.92 Å². The van der Waals surface area contributed by atoms with E-state index in [0.29, 0.717) is 0 Å².